The second-order valence-electron chi connectivity index (χ2n) is 6.14. The second-order valence-corrected chi connectivity index (χ2v) is 6.14. The summed E-state index contributed by atoms with van der Waals surface area (Å²) in [6.45, 7) is 2.17. The van der Waals surface area contributed by atoms with Crippen LogP contribution in [0.5, 0.6) is 0 Å². The van der Waals surface area contributed by atoms with Crippen LogP contribution in [0.4, 0.5) is 5.82 Å². The minimum atomic E-state index is -0.919. The third-order valence-electron chi connectivity index (χ3n) is 4.20. The van der Waals surface area contributed by atoms with Crippen molar-refractivity contribution in [2.45, 2.75) is 31.4 Å². The summed E-state index contributed by atoms with van der Waals surface area (Å²) in [6.07, 6.45) is 12.0. The Labute approximate surface area is 140 Å². The molecule has 1 aliphatic heterocycles. The smallest absolute Gasteiger partial charge is 0.220 e. The fourth-order valence-corrected chi connectivity index (χ4v) is 2.84. The number of carbonyl (C=O) groups excluding carboxylic acids is 1. The highest BCUT2D eigenvalue weighted by Crippen LogP contribution is 2.24. The van der Waals surface area contributed by atoms with Gasteiger partial charge in [0.25, 0.3) is 0 Å². The molecule has 8 heteroatoms. The Morgan fingerprint density at radius 2 is 2.25 bits per heavy atom. The van der Waals surface area contributed by atoms with Crippen molar-refractivity contribution < 1.29 is 9.90 Å². The van der Waals surface area contributed by atoms with Gasteiger partial charge in [-0.1, -0.05) is 0 Å². The van der Waals surface area contributed by atoms with Gasteiger partial charge in [0.05, 0.1) is 12.5 Å². The molecule has 24 heavy (non-hydrogen) atoms. The van der Waals surface area contributed by atoms with Crippen molar-refractivity contribution in [2.75, 3.05) is 24.5 Å². The molecule has 0 radical (unpaired) electrons. The number of aromatic nitrogens is 4. The van der Waals surface area contributed by atoms with Crippen LogP contribution in [0.3, 0.4) is 0 Å². The van der Waals surface area contributed by atoms with Crippen LogP contribution in [-0.4, -0.2) is 55.8 Å². The van der Waals surface area contributed by atoms with Crippen LogP contribution in [0.2, 0.25) is 0 Å². The Balaban J connectivity index is 1.40. The third-order valence-corrected chi connectivity index (χ3v) is 4.20. The summed E-state index contributed by atoms with van der Waals surface area (Å²) in [5.74, 6) is 0.710. The number of aryl methyl sites for hydroxylation is 1. The molecule has 0 aromatic carbocycles. The highest BCUT2D eigenvalue weighted by atomic mass is 16.3. The van der Waals surface area contributed by atoms with Gasteiger partial charge in [-0.15, -0.1) is 0 Å². The summed E-state index contributed by atoms with van der Waals surface area (Å²) in [4.78, 5) is 26.2. The zero-order valence-electron chi connectivity index (χ0n) is 13.5. The van der Waals surface area contributed by atoms with Crippen molar-refractivity contribution in [3.8, 4) is 0 Å². The van der Waals surface area contributed by atoms with E-state index in [1.54, 1.807) is 31.1 Å². The molecule has 128 valence electrons. The lowest BCUT2D eigenvalue weighted by molar-refractivity contribution is -0.122. The van der Waals surface area contributed by atoms with Crippen LogP contribution in [0.1, 0.15) is 19.3 Å². The second kappa shape index (κ2) is 7.39. The summed E-state index contributed by atoms with van der Waals surface area (Å²) >= 11 is 0. The molecule has 0 saturated carbocycles. The van der Waals surface area contributed by atoms with E-state index in [9.17, 15) is 9.90 Å². The first kappa shape index (κ1) is 16.4. The van der Waals surface area contributed by atoms with Crippen molar-refractivity contribution in [1.82, 2.24) is 24.8 Å². The zero-order valence-corrected chi connectivity index (χ0v) is 13.5. The predicted octanol–water partition coefficient (Wildman–Crippen LogP) is 0.211. The number of nitrogens with one attached hydrogen (secondary N) is 1. The summed E-state index contributed by atoms with van der Waals surface area (Å²) in [5.41, 5.74) is -0.919. The van der Waals surface area contributed by atoms with Gasteiger partial charge < -0.3 is 19.9 Å². The van der Waals surface area contributed by atoms with Gasteiger partial charge in [-0.25, -0.2) is 9.97 Å². The lowest BCUT2D eigenvalue weighted by Crippen LogP contribution is -2.45. The van der Waals surface area contributed by atoms with E-state index >= 15 is 0 Å². The first-order valence-corrected chi connectivity index (χ1v) is 8.10. The van der Waals surface area contributed by atoms with Crippen molar-refractivity contribution in [3.05, 3.63) is 37.3 Å². The standard InChI is InChI=1S/C16H22N6O2/c23-15(2-1-7-21-9-6-18-13-21)20-11-16(24)3-8-22(12-16)14-10-17-4-5-19-14/h4-6,9-10,13,24H,1-3,7-8,11-12H2,(H,20,23)/t16-/m1/s1. The van der Waals surface area contributed by atoms with E-state index in [1.807, 2.05) is 15.7 Å². The van der Waals surface area contributed by atoms with Gasteiger partial charge >= 0.3 is 0 Å². The molecule has 1 aliphatic rings. The highest BCUT2D eigenvalue weighted by Gasteiger charge is 2.36. The van der Waals surface area contributed by atoms with Crippen LogP contribution < -0.4 is 10.2 Å². The Morgan fingerprint density at radius 1 is 1.33 bits per heavy atom. The maximum atomic E-state index is 11.9. The van der Waals surface area contributed by atoms with Crippen molar-refractivity contribution in [1.29, 1.82) is 0 Å². The highest BCUT2D eigenvalue weighted by molar-refractivity contribution is 5.75. The molecule has 0 aliphatic carbocycles. The Kier molecular flexibility index (Phi) is 5.05. The monoisotopic (exact) mass is 330 g/mol. The van der Waals surface area contributed by atoms with Crippen molar-refractivity contribution in [2.24, 2.45) is 0 Å². The molecule has 2 aromatic rings. The molecule has 1 atom stereocenters. The molecular formula is C16H22N6O2. The van der Waals surface area contributed by atoms with Gasteiger partial charge in [-0.05, 0) is 12.8 Å². The van der Waals surface area contributed by atoms with Gasteiger partial charge in [0.15, 0.2) is 0 Å². The van der Waals surface area contributed by atoms with Crippen molar-refractivity contribution in [3.63, 3.8) is 0 Å². The lowest BCUT2D eigenvalue weighted by atomic mass is 10.0. The van der Waals surface area contributed by atoms with Gasteiger partial charge in [0.2, 0.25) is 5.91 Å². The predicted molar refractivity (Wildman–Crippen MR) is 88.3 cm³/mol. The maximum Gasteiger partial charge on any atom is 0.220 e. The summed E-state index contributed by atoms with van der Waals surface area (Å²) in [7, 11) is 0. The van der Waals surface area contributed by atoms with Crippen LogP contribution in [0.25, 0.3) is 0 Å². The third kappa shape index (κ3) is 4.29. The molecule has 2 N–H and O–H groups in total. The van der Waals surface area contributed by atoms with Gasteiger partial charge in [-0.3, -0.25) is 9.78 Å². The van der Waals surface area contributed by atoms with Gasteiger partial charge in [0.1, 0.15) is 11.4 Å². The summed E-state index contributed by atoms with van der Waals surface area (Å²) in [5, 5.41) is 13.5. The molecule has 0 bridgehead atoms. The maximum absolute atomic E-state index is 11.9. The van der Waals surface area contributed by atoms with E-state index in [-0.39, 0.29) is 12.5 Å². The molecule has 1 saturated heterocycles. The number of rotatable bonds is 7. The molecule has 0 unspecified atom stereocenters. The van der Waals surface area contributed by atoms with Crippen LogP contribution >= 0.6 is 0 Å². The molecule has 1 amide bonds. The van der Waals surface area contributed by atoms with E-state index in [2.05, 4.69) is 20.3 Å². The molecular weight excluding hydrogens is 308 g/mol. The van der Waals surface area contributed by atoms with E-state index < -0.39 is 5.60 Å². The molecule has 1 fully saturated rings. The SMILES string of the molecule is O=C(CCCn1ccnc1)NC[C@]1(O)CCN(c2cnccn2)C1. The molecule has 3 heterocycles. The zero-order chi connectivity index (χ0) is 16.8. The fourth-order valence-electron chi connectivity index (χ4n) is 2.84. The van der Waals surface area contributed by atoms with E-state index in [0.717, 1.165) is 18.8 Å². The van der Waals surface area contributed by atoms with Crippen LogP contribution in [0, 0.1) is 0 Å². The minimum absolute atomic E-state index is 0.0403. The quantitative estimate of drug-likeness (QED) is 0.753. The summed E-state index contributed by atoms with van der Waals surface area (Å²) in [6, 6.07) is 0. The number of anilines is 1. The van der Waals surface area contributed by atoms with Crippen LogP contribution in [-0.2, 0) is 11.3 Å². The number of imidazole rings is 1. The minimum Gasteiger partial charge on any atom is -0.386 e. The molecule has 8 nitrogen and oxygen atoms in total. The average molecular weight is 330 g/mol. The number of β-amino-alcohol motifs (C(OH)–C–C–N with tert-alkyl or cyclic N) is 1. The topological polar surface area (TPSA) is 96.2 Å². The van der Waals surface area contributed by atoms with Crippen LogP contribution in [0.15, 0.2) is 37.3 Å². The largest absolute Gasteiger partial charge is 0.386 e. The van der Waals surface area contributed by atoms with E-state index in [4.69, 9.17) is 0 Å². The lowest BCUT2D eigenvalue weighted by Gasteiger charge is -2.24. The Hall–Kier alpha value is -2.48. The van der Waals surface area contributed by atoms with E-state index in [1.165, 1.54) is 0 Å². The fraction of sp³-hybridized carbons (Fsp3) is 0.500. The first-order chi connectivity index (χ1) is 11.6. The van der Waals surface area contributed by atoms with Gasteiger partial charge in [-0.2, -0.15) is 0 Å². The summed E-state index contributed by atoms with van der Waals surface area (Å²) < 4.78 is 1.94. The van der Waals surface area contributed by atoms with E-state index in [0.29, 0.717) is 25.9 Å². The number of hydrogen-bond donors (Lipinski definition) is 2. The Morgan fingerprint density at radius 3 is 3.00 bits per heavy atom. The number of hydrogen-bond acceptors (Lipinski definition) is 6. The molecule has 0 spiro atoms. The molecule has 2 aromatic heterocycles. The van der Waals surface area contributed by atoms with Gasteiger partial charge in [0, 0.05) is 57.4 Å². The first-order valence-electron chi connectivity index (χ1n) is 8.10. The number of amides is 1. The Bertz CT molecular complexity index is 648. The van der Waals surface area contributed by atoms with Crippen molar-refractivity contribution >= 4 is 11.7 Å². The number of carbonyl (C=O) groups is 1. The normalized spacial score (nSPS) is 20.3. The molecule has 3 rings (SSSR count). The average Bonchev–Trinajstić information content (AvgIpc) is 3.24. The number of nitrogens with zero attached hydrogens (tertiary/aromatic N) is 5. The number of aliphatic hydroxyl groups is 1.